The predicted octanol–water partition coefficient (Wildman–Crippen LogP) is 2.77. The van der Waals surface area contributed by atoms with E-state index >= 15 is 0 Å². The number of hydrogen-bond donors (Lipinski definition) is 1. The highest BCUT2D eigenvalue weighted by atomic mass is 16.6. The van der Waals surface area contributed by atoms with Gasteiger partial charge in [-0.1, -0.05) is 0 Å². The zero-order chi connectivity index (χ0) is 14.9. The van der Waals surface area contributed by atoms with E-state index in [4.69, 9.17) is 15.2 Å². The maximum atomic E-state index is 12.1. The SMILES string of the molecule is CC(C)n1cc(N)cc1C(=O)OCC1CCC(C)(C)O1. The Morgan fingerprint density at radius 2 is 2.30 bits per heavy atom. The summed E-state index contributed by atoms with van der Waals surface area (Å²) >= 11 is 0. The Bertz CT molecular complexity index is 491. The molecule has 20 heavy (non-hydrogen) atoms. The molecule has 0 aromatic carbocycles. The molecule has 5 heteroatoms. The molecule has 0 spiro atoms. The van der Waals surface area contributed by atoms with Gasteiger partial charge in [-0.15, -0.1) is 0 Å². The molecule has 0 aliphatic carbocycles. The summed E-state index contributed by atoms with van der Waals surface area (Å²) in [6.45, 7) is 8.40. The molecule has 5 nitrogen and oxygen atoms in total. The first-order valence-electron chi connectivity index (χ1n) is 7.11. The zero-order valence-corrected chi connectivity index (χ0v) is 12.7. The molecule has 1 unspecified atom stereocenters. The molecule has 1 aliphatic rings. The lowest BCUT2D eigenvalue weighted by Gasteiger charge is -2.19. The predicted molar refractivity (Wildman–Crippen MR) is 77.7 cm³/mol. The number of nitrogen functional groups attached to an aromatic ring is 1. The van der Waals surface area contributed by atoms with Crippen LogP contribution in [-0.4, -0.2) is 28.8 Å². The van der Waals surface area contributed by atoms with E-state index < -0.39 is 0 Å². The molecule has 1 aliphatic heterocycles. The van der Waals surface area contributed by atoms with Crippen LogP contribution in [0.25, 0.3) is 0 Å². The molecule has 2 heterocycles. The van der Waals surface area contributed by atoms with Crippen LogP contribution in [0, 0.1) is 0 Å². The van der Waals surface area contributed by atoms with Gasteiger partial charge in [-0.05, 0) is 46.6 Å². The first-order valence-corrected chi connectivity index (χ1v) is 7.11. The van der Waals surface area contributed by atoms with Gasteiger partial charge in [-0.2, -0.15) is 0 Å². The Balaban J connectivity index is 1.96. The van der Waals surface area contributed by atoms with Gasteiger partial charge in [-0.25, -0.2) is 4.79 Å². The van der Waals surface area contributed by atoms with Crippen LogP contribution in [0.2, 0.25) is 0 Å². The van der Waals surface area contributed by atoms with Crippen LogP contribution in [0.5, 0.6) is 0 Å². The number of rotatable bonds is 4. The molecule has 0 radical (unpaired) electrons. The maximum absolute atomic E-state index is 12.1. The minimum absolute atomic E-state index is 0.00578. The number of esters is 1. The van der Waals surface area contributed by atoms with Crippen LogP contribution < -0.4 is 5.73 Å². The summed E-state index contributed by atoms with van der Waals surface area (Å²) in [4.78, 5) is 12.1. The lowest BCUT2D eigenvalue weighted by molar-refractivity contribution is -0.0447. The number of nitrogens with zero attached hydrogens (tertiary/aromatic N) is 1. The third kappa shape index (κ3) is 3.33. The number of aromatic nitrogens is 1. The first-order chi connectivity index (χ1) is 9.28. The number of anilines is 1. The van der Waals surface area contributed by atoms with E-state index in [0.29, 0.717) is 18.0 Å². The van der Waals surface area contributed by atoms with Gasteiger partial charge in [0, 0.05) is 12.2 Å². The molecule has 0 saturated carbocycles. The van der Waals surface area contributed by atoms with Crippen molar-refractivity contribution in [3.05, 3.63) is 18.0 Å². The molecule has 112 valence electrons. The third-order valence-corrected chi connectivity index (χ3v) is 3.59. The van der Waals surface area contributed by atoms with E-state index in [2.05, 4.69) is 13.8 Å². The second-order valence-electron chi connectivity index (χ2n) is 6.30. The Hall–Kier alpha value is -1.49. The minimum Gasteiger partial charge on any atom is -0.458 e. The monoisotopic (exact) mass is 280 g/mol. The molecule has 1 fully saturated rings. The normalized spacial score (nSPS) is 21.4. The molecule has 2 N–H and O–H groups in total. The van der Waals surface area contributed by atoms with Crippen molar-refractivity contribution in [3.8, 4) is 0 Å². The third-order valence-electron chi connectivity index (χ3n) is 3.59. The number of nitrogens with two attached hydrogens (primary N) is 1. The van der Waals surface area contributed by atoms with Gasteiger partial charge in [0.25, 0.3) is 0 Å². The van der Waals surface area contributed by atoms with Gasteiger partial charge >= 0.3 is 5.97 Å². The van der Waals surface area contributed by atoms with Crippen LogP contribution in [0.4, 0.5) is 5.69 Å². The lowest BCUT2D eigenvalue weighted by Crippen LogP contribution is -2.24. The van der Waals surface area contributed by atoms with Gasteiger partial charge in [0.05, 0.1) is 17.4 Å². The van der Waals surface area contributed by atoms with Crippen molar-refractivity contribution in [1.29, 1.82) is 0 Å². The van der Waals surface area contributed by atoms with E-state index in [1.165, 1.54) is 0 Å². The number of hydrogen-bond acceptors (Lipinski definition) is 4. The van der Waals surface area contributed by atoms with Gasteiger partial charge in [0.2, 0.25) is 0 Å². The van der Waals surface area contributed by atoms with Crippen molar-refractivity contribution >= 4 is 11.7 Å². The molecular weight excluding hydrogens is 256 g/mol. The molecule has 1 saturated heterocycles. The molecule has 2 rings (SSSR count). The second-order valence-corrected chi connectivity index (χ2v) is 6.30. The largest absolute Gasteiger partial charge is 0.458 e. The van der Waals surface area contributed by atoms with Gasteiger partial charge in [0.1, 0.15) is 12.3 Å². The highest BCUT2D eigenvalue weighted by Gasteiger charge is 2.32. The average molecular weight is 280 g/mol. The van der Waals surface area contributed by atoms with Crippen LogP contribution in [0.3, 0.4) is 0 Å². The van der Waals surface area contributed by atoms with Gasteiger partial charge in [0.15, 0.2) is 0 Å². The summed E-state index contributed by atoms with van der Waals surface area (Å²) in [6.07, 6.45) is 3.67. The highest BCUT2D eigenvalue weighted by molar-refractivity contribution is 5.89. The number of ether oxygens (including phenoxy) is 2. The molecule has 0 amide bonds. The maximum Gasteiger partial charge on any atom is 0.355 e. The summed E-state index contributed by atoms with van der Waals surface area (Å²) in [5.74, 6) is -0.344. The Morgan fingerprint density at radius 1 is 1.60 bits per heavy atom. The fourth-order valence-corrected chi connectivity index (χ4v) is 2.53. The van der Waals surface area contributed by atoms with Crippen molar-refractivity contribution in [3.63, 3.8) is 0 Å². The molecule has 1 aromatic rings. The van der Waals surface area contributed by atoms with E-state index in [-0.39, 0.29) is 23.7 Å². The van der Waals surface area contributed by atoms with Crippen LogP contribution in [0.15, 0.2) is 12.3 Å². The highest BCUT2D eigenvalue weighted by Crippen LogP contribution is 2.29. The van der Waals surface area contributed by atoms with E-state index in [9.17, 15) is 4.79 Å². The topological polar surface area (TPSA) is 66.5 Å². The van der Waals surface area contributed by atoms with Crippen molar-refractivity contribution in [2.45, 2.75) is 58.3 Å². The fraction of sp³-hybridized carbons (Fsp3) is 0.667. The smallest absolute Gasteiger partial charge is 0.355 e. The van der Waals surface area contributed by atoms with Crippen molar-refractivity contribution in [1.82, 2.24) is 4.57 Å². The van der Waals surface area contributed by atoms with Crippen LogP contribution in [-0.2, 0) is 9.47 Å². The van der Waals surface area contributed by atoms with Crippen molar-refractivity contribution in [2.75, 3.05) is 12.3 Å². The molecule has 0 bridgehead atoms. The van der Waals surface area contributed by atoms with Crippen molar-refractivity contribution in [2.24, 2.45) is 0 Å². The van der Waals surface area contributed by atoms with E-state index in [1.54, 1.807) is 12.3 Å². The fourth-order valence-electron chi connectivity index (χ4n) is 2.53. The summed E-state index contributed by atoms with van der Waals surface area (Å²) in [7, 11) is 0. The standard InChI is InChI=1S/C15H24N2O3/c1-10(2)17-8-11(16)7-13(17)14(18)19-9-12-5-6-15(3,4)20-12/h7-8,10,12H,5-6,9,16H2,1-4H3. The average Bonchev–Trinajstić information content (AvgIpc) is 2.89. The summed E-state index contributed by atoms with van der Waals surface area (Å²) < 4.78 is 13.0. The summed E-state index contributed by atoms with van der Waals surface area (Å²) in [5.41, 5.74) is 6.71. The minimum atomic E-state index is -0.344. The summed E-state index contributed by atoms with van der Waals surface area (Å²) in [5, 5.41) is 0. The molecular formula is C15H24N2O3. The Morgan fingerprint density at radius 3 is 2.85 bits per heavy atom. The molecule has 1 aromatic heterocycles. The quantitative estimate of drug-likeness (QED) is 0.861. The first kappa shape index (κ1) is 14.9. The number of carbonyl (C=O) groups excluding carboxylic acids is 1. The lowest BCUT2D eigenvalue weighted by atomic mass is 10.1. The van der Waals surface area contributed by atoms with E-state index in [1.807, 2.05) is 18.4 Å². The molecule has 1 atom stereocenters. The zero-order valence-electron chi connectivity index (χ0n) is 12.7. The van der Waals surface area contributed by atoms with Crippen LogP contribution >= 0.6 is 0 Å². The van der Waals surface area contributed by atoms with Gasteiger partial charge < -0.3 is 19.8 Å². The van der Waals surface area contributed by atoms with Gasteiger partial charge in [-0.3, -0.25) is 0 Å². The second kappa shape index (κ2) is 5.48. The van der Waals surface area contributed by atoms with E-state index in [0.717, 1.165) is 12.8 Å². The Kier molecular flexibility index (Phi) is 4.09. The Labute approximate surface area is 120 Å². The van der Waals surface area contributed by atoms with Crippen LogP contribution in [0.1, 0.15) is 57.1 Å². The number of carbonyl (C=O) groups is 1. The van der Waals surface area contributed by atoms with Crippen molar-refractivity contribution < 1.29 is 14.3 Å². The summed E-state index contributed by atoms with van der Waals surface area (Å²) in [6, 6.07) is 1.82.